The van der Waals surface area contributed by atoms with Crippen molar-refractivity contribution in [3.8, 4) is 0 Å². The highest BCUT2D eigenvalue weighted by atomic mass is 16.5. The summed E-state index contributed by atoms with van der Waals surface area (Å²) < 4.78 is 4.97. The molecule has 4 nitrogen and oxygen atoms in total. The van der Waals surface area contributed by atoms with Crippen molar-refractivity contribution in [2.75, 3.05) is 33.4 Å². The first-order valence-corrected chi connectivity index (χ1v) is 6.11. The molecule has 1 rings (SSSR count). The van der Waals surface area contributed by atoms with Gasteiger partial charge in [-0.1, -0.05) is 24.3 Å². The lowest BCUT2D eigenvalue weighted by molar-refractivity contribution is -0.131. The van der Waals surface area contributed by atoms with E-state index in [2.05, 4.69) is 0 Å². The molecule has 0 spiro atoms. The van der Waals surface area contributed by atoms with Gasteiger partial charge in [-0.2, -0.15) is 0 Å². The van der Waals surface area contributed by atoms with E-state index in [4.69, 9.17) is 9.84 Å². The number of rotatable bonds is 7. The van der Waals surface area contributed by atoms with E-state index in [0.29, 0.717) is 26.1 Å². The molecule has 4 heteroatoms. The summed E-state index contributed by atoms with van der Waals surface area (Å²) in [4.78, 5) is 13.8. The normalized spacial score (nSPS) is 10.4. The Hall–Kier alpha value is -1.39. The zero-order valence-electron chi connectivity index (χ0n) is 11.1. The van der Waals surface area contributed by atoms with Crippen molar-refractivity contribution in [3.05, 3.63) is 35.4 Å². The van der Waals surface area contributed by atoms with E-state index in [0.717, 1.165) is 11.1 Å². The summed E-state index contributed by atoms with van der Waals surface area (Å²) in [5.74, 6) is 0.0235. The monoisotopic (exact) mass is 251 g/mol. The average molecular weight is 251 g/mol. The van der Waals surface area contributed by atoms with Gasteiger partial charge >= 0.3 is 0 Å². The Morgan fingerprint density at radius 1 is 1.33 bits per heavy atom. The van der Waals surface area contributed by atoms with E-state index in [9.17, 15) is 4.79 Å². The molecule has 1 amide bonds. The first kappa shape index (κ1) is 14.7. The van der Waals surface area contributed by atoms with Gasteiger partial charge in [0, 0.05) is 20.2 Å². The van der Waals surface area contributed by atoms with Crippen molar-refractivity contribution < 1.29 is 14.6 Å². The number of ether oxygens (including phenoxy) is 1. The number of aliphatic hydroxyl groups is 1. The highest BCUT2D eigenvalue weighted by molar-refractivity contribution is 5.79. The van der Waals surface area contributed by atoms with Crippen molar-refractivity contribution in [3.63, 3.8) is 0 Å². The van der Waals surface area contributed by atoms with Crippen LogP contribution < -0.4 is 0 Å². The quantitative estimate of drug-likeness (QED) is 0.786. The van der Waals surface area contributed by atoms with Gasteiger partial charge in [-0.3, -0.25) is 4.79 Å². The van der Waals surface area contributed by atoms with Gasteiger partial charge in [0.2, 0.25) is 5.91 Å². The molecule has 0 unspecified atom stereocenters. The molecule has 1 aromatic rings. The third-order valence-electron chi connectivity index (χ3n) is 2.89. The Morgan fingerprint density at radius 2 is 2.06 bits per heavy atom. The summed E-state index contributed by atoms with van der Waals surface area (Å²) in [5.41, 5.74) is 2.14. The third kappa shape index (κ3) is 4.47. The van der Waals surface area contributed by atoms with Gasteiger partial charge in [-0.05, 0) is 18.1 Å². The second kappa shape index (κ2) is 7.84. The molecule has 0 aliphatic carbocycles. The zero-order chi connectivity index (χ0) is 13.4. The fourth-order valence-corrected chi connectivity index (χ4v) is 1.77. The second-order valence-corrected chi connectivity index (χ2v) is 4.20. The Balaban J connectivity index is 2.63. The van der Waals surface area contributed by atoms with Crippen LogP contribution in [0.15, 0.2) is 24.3 Å². The lowest BCUT2D eigenvalue weighted by Crippen LogP contribution is -2.37. The fourth-order valence-electron chi connectivity index (χ4n) is 1.77. The molecule has 1 aromatic carbocycles. The number of aliphatic hydroxyl groups excluding tert-OH is 1. The van der Waals surface area contributed by atoms with Gasteiger partial charge < -0.3 is 14.7 Å². The van der Waals surface area contributed by atoms with Crippen molar-refractivity contribution in [2.45, 2.75) is 13.3 Å². The fraction of sp³-hybridized carbons (Fsp3) is 0.500. The molecular formula is C14H21NO3. The van der Waals surface area contributed by atoms with Gasteiger partial charge in [0.05, 0.1) is 19.6 Å². The van der Waals surface area contributed by atoms with Crippen LogP contribution in [0.4, 0.5) is 0 Å². The lowest BCUT2D eigenvalue weighted by Gasteiger charge is -2.21. The maximum atomic E-state index is 12.1. The van der Waals surface area contributed by atoms with Gasteiger partial charge in [0.1, 0.15) is 0 Å². The van der Waals surface area contributed by atoms with Crippen molar-refractivity contribution in [2.24, 2.45) is 0 Å². The number of nitrogens with zero attached hydrogens (tertiary/aromatic N) is 1. The van der Waals surface area contributed by atoms with Crippen LogP contribution in [-0.4, -0.2) is 49.3 Å². The zero-order valence-corrected chi connectivity index (χ0v) is 11.1. The summed E-state index contributed by atoms with van der Waals surface area (Å²) in [6, 6.07) is 7.84. The highest BCUT2D eigenvalue weighted by Gasteiger charge is 2.13. The van der Waals surface area contributed by atoms with Gasteiger partial charge in [0.15, 0.2) is 0 Å². The van der Waals surface area contributed by atoms with Crippen LogP contribution in [0.5, 0.6) is 0 Å². The number of benzene rings is 1. The number of carbonyl (C=O) groups excluding carboxylic acids is 1. The SMILES string of the molecule is COCCN(CCO)C(=O)Cc1ccccc1C. The summed E-state index contributed by atoms with van der Waals surface area (Å²) in [5, 5.41) is 8.97. The molecule has 100 valence electrons. The number of aryl methyl sites for hydroxylation is 1. The van der Waals surface area contributed by atoms with E-state index < -0.39 is 0 Å². The van der Waals surface area contributed by atoms with E-state index in [1.807, 2.05) is 31.2 Å². The average Bonchev–Trinajstić information content (AvgIpc) is 2.37. The van der Waals surface area contributed by atoms with E-state index >= 15 is 0 Å². The molecule has 1 N–H and O–H groups in total. The molecule has 0 saturated heterocycles. The molecular weight excluding hydrogens is 230 g/mol. The molecule has 18 heavy (non-hydrogen) atoms. The Labute approximate surface area is 108 Å². The van der Waals surface area contributed by atoms with Gasteiger partial charge in [-0.25, -0.2) is 0 Å². The smallest absolute Gasteiger partial charge is 0.227 e. The largest absolute Gasteiger partial charge is 0.395 e. The molecule has 0 aliphatic rings. The first-order valence-electron chi connectivity index (χ1n) is 6.11. The summed E-state index contributed by atoms with van der Waals surface area (Å²) >= 11 is 0. The van der Waals surface area contributed by atoms with Crippen LogP contribution in [0.1, 0.15) is 11.1 Å². The lowest BCUT2D eigenvalue weighted by atomic mass is 10.1. The van der Waals surface area contributed by atoms with Crippen molar-refractivity contribution in [1.82, 2.24) is 4.90 Å². The standard InChI is InChI=1S/C14H21NO3/c1-12-5-3-4-6-13(12)11-14(17)15(7-9-16)8-10-18-2/h3-6,16H,7-11H2,1-2H3. The number of carbonyl (C=O) groups is 1. The minimum Gasteiger partial charge on any atom is -0.395 e. The molecule has 0 atom stereocenters. The van der Waals surface area contributed by atoms with Crippen LogP contribution >= 0.6 is 0 Å². The first-order chi connectivity index (χ1) is 8.69. The molecule has 0 fully saturated rings. The molecule has 0 bridgehead atoms. The van der Waals surface area contributed by atoms with Crippen LogP contribution in [0.2, 0.25) is 0 Å². The van der Waals surface area contributed by atoms with E-state index in [-0.39, 0.29) is 12.5 Å². The third-order valence-corrected chi connectivity index (χ3v) is 2.89. The molecule has 0 heterocycles. The number of hydrogen-bond acceptors (Lipinski definition) is 3. The van der Waals surface area contributed by atoms with Crippen LogP contribution in [0, 0.1) is 6.92 Å². The van der Waals surface area contributed by atoms with Crippen LogP contribution in [0.25, 0.3) is 0 Å². The summed E-state index contributed by atoms with van der Waals surface area (Å²) in [6.07, 6.45) is 0.371. The highest BCUT2D eigenvalue weighted by Crippen LogP contribution is 2.09. The minimum atomic E-state index is -0.0246. The van der Waals surface area contributed by atoms with Gasteiger partial charge in [-0.15, -0.1) is 0 Å². The molecule has 0 aliphatic heterocycles. The van der Waals surface area contributed by atoms with E-state index in [1.165, 1.54) is 0 Å². The Bertz CT molecular complexity index is 379. The predicted molar refractivity (Wildman–Crippen MR) is 70.4 cm³/mol. The van der Waals surface area contributed by atoms with Crippen molar-refractivity contribution >= 4 is 5.91 Å². The molecule has 0 radical (unpaired) electrons. The Kier molecular flexibility index (Phi) is 6.39. The molecule has 0 saturated carbocycles. The maximum absolute atomic E-state index is 12.1. The van der Waals surface area contributed by atoms with Crippen molar-refractivity contribution in [1.29, 1.82) is 0 Å². The van der Waals surface area contributed by atoms with Crippen LogP contribution in [-0.2, 0) is 16.0 Å². The topological polar surface area (TPSA) is 49.8 Å². The maximum Gasteiger partial charge on any atom is 0.227 e. The van der Waals surface area contributed by atoms with E-state index in [1.54, 1.807) is 12.0 Å². The van der Waals surface area contributed by atoms with Crippen LogP contribution in [0.3, 0.4) is 0 Å². The summed E-state index contributed by atoms with van der Waals surface area (Å²) in [7, 11) is 1.60. The number of amides is 1. The number of hydrogen-bond donors (Lipinski definition) is 1. The summed E-state index contributed by atoms with van der Waals surface area (Å²) in [6.45, 7) is 3.33. The number of methoxy groups -OCH3 is 1. The van der Waals surface area contributed by atoms with Gasteiger partial charge in [0.25, 0.3) is 0 Å². The Morgan fingerprint density at radius 3 is 2.67 bits per heavy atom. The molecule has 0 aromatic heterocycles. The predicted octanol–water partition coefficient (Wildman–Crippen LogP) is 1.00. The minimum absolute atomic E-state index is 0.0235. The second-order valence-electron chi connectivity index (χ2n) is 4.20.